The Morgan fingerprint density at radius 3 is 1.62 bits per heavy atom. The summed E-state index contributed by atoms with van der Waals surface area (Å²) < 4.78 is 8.59. The van der Waals surface area contributed by atoms with E-state index in [1.54, 1.807) is 0 Å². The lowest BCUT2D eigenvalue weighted by Crippen LogP contribution is -2.03. The molecule has 0 amide bonds. The summed E-state index contributed by atoms with van der Waals surface area (Å²) in [7, 11) is 0. The van der Waals surface area contributed by atoms with Crippen molar-refractivity contribution in [1.82, 2.24) is 19.5 Å². The lowest BCUT2D eigenvalue weighted by atomic mass is 9.94. The van der Waals surface area contributed by atoms with E-state index < -0.39 is 0 Å². The Hall–Kier alpha value is -7.89. The van der Waals surface area contributed by atoms with Crippen molar-refractivity contribution < 1.29 is 4.42 Å². The molecule has 0 N–H and O–H groups in total. The molecule has 0 bridgehead atoms. The number of nitrogens with zero attached hydrogens (tertiary/aromatic N) is 4. The molecule has 0 aliphatic rings. The van der Waals surface area contributed by atoms with Gasteiger partial charge >= 0.3 is 0 Å². The van der Waals surface area contributed by atoms with Crippen LogP contribution in [0.15, 0.2) is 199 Å². The van der Waals surface area contributed by atoms with Crippen molar-refractivity contribution in [2.45, 2.75) is 0 Å². The third-order valence-electron chi connectivity index (χ3n) is 11.4. The van der Waals surface area contributed by atoms with Gasteiger partial charge in [-0.2, -0.15) is 0 Å². The minimum Gasteiger partial charge on any atom is -0.456 e. The van der Waals surface area contributed by atoms with Gasteiger partial charge in [-0.25, -0.2) is 15.0 Å². The summed E-state index contributed by atoms with van der Waals surface area (Å²) in [4.78, 5) is 15.7. The van der Waals surface area contributed by atoms with E-state index in [9.17, 15) is 0 Å². The molecule has 0 aliphatic heterocycles. The first-order valence-corrected chi connectivity index (χ1v) is 19.5. The fourth-order valence-electron chi connectivity index (χ4n) is 8.71. The zero-order valence-electron chi connectivity index (χ0n) is 31.2. The summed E-state index contributed by atoms with van der Waals surface area (Å²) in [5.74, 6) is 0.639. The number of hydrogen-bond donors (Lipinski definition) is 0. The Balaban J connectivity index is 1.02. The topological polar surface area (TPSA) is 56.7 Å². The summed E-state index contributed by atoms with van der Waals surface area (Å²) in [6.45, 7) is 0. The molecule has 0 unspecified atom stereocenters. The van der Waals surface area contributed by atoms with Crippen molar-refractivity contribution in [2.75, 3.05) is 0 Å². The molecular formula is C53H32N4O. The van der Waals surface area contributed by atoms with Crippen molar-refractivity contribution in [3.8, 4) is 50.8 Å². The molecule has 0 saturated heterocycles. The van der Waals surface area contributed by atoms with Crippen LogP contribution in [0.2, 0.25) is 0 Å². The van der Waals surface area contributed by atoms with Gasteiger partial charge in [-0.1, -0.05) is 146 Å². The Labute approximate surface area is 333 Å². The first-order valence-electron chi connectivity index (χ1n) is 19.5. The number of para-hydroxylation sites is 3. The Morgan fingerprint density at radius 2 is 0.914 bits per heavy atom. The largest absolute Gasteiger partial charge is 0.456 e. The van der Waals surface area contributed by atoms with Crippen LogP contribution < -0.4 is 0 Å². The molecule has 8 aromatic carbocycles. The van der Waals surface area contributed by atoms with Crippen molar-refractivity contribution >= 4 is 65.4 Å². The number of aromatic nitrogens is 4. The number of hydrogen-bond acceptors (Lipinski definition) is 4. The fraction of sp³-hybridized carbons (Fsp3) is 0. The maximum absolute atomic E-state index is 6.40. The average molecular weight is 741 g/mol. The molecule has 270 valence electrons. The number of pyridine rings is 1. The number of furan rings is 1. The van der Waals surface area contributed by atoms with Gasteiger partial charge in [-0.15, -0.1) is 0 Å². The first-order chi connectivity index (χ1) is 28.7. The van der Waals surface area contributed by atoms with Gasteiger partial charge in [0.2, 0.25) is 5.95 Å². The van der Waals surface area contributed by atoms with E-state index in [1.807, 2.05) is 24.3 Å². The van der Waals surface area contributed by atoms with Crippen molar-refractivity contribution in [3.63, 3.8) is 0 Å². The summed E-state index contributed by atoms with van der Waals surface area (Å²) >= 11 is 0. The minimum absolute atomic E-state index is 0.639. The highest BCUT2D eigenvalue weighted by Crippen LogP contribution is 2.42. The Bertz CT molecular complexity index is 3500. The summed E-state index contributed by atoms with van der Waals surface area (Å²) in [6.07, 6.45) is 0. The van der Waals surface area contributed by atoms with Gasteiger partial charge < -0.3 is 4.42 Å². The van der Waals surface area contributed by atoms with E-state index >= 15 is 0 Å². The molecule has 0 atom stereocenters. The van der Waals surface area contributed by atoms with E-state index in [2.05, 4.69) is 174 Å². The summed E-state index contributed by atoms with van der Waals surface area (Å²) in [5.41, 5.74) is 12.9. The number of benzene rings is 8. The third-order valence-corrected chi connectivity index (χ3v) is 11.4. The molecule has 58 heavy (non-hydrogen) atoms. The third kappa shape index (κ3) is 5.07. The molecule has 12 aromatic rings. The molecule has 0 fully saturated rings. The van der Waals surface area contributed by atoms with Gasteiger partial charge in [0.1, 0.15) is 11.2 Å². The highest BCUT2D eigenvalue weighted by Gasteiger charge is 2.19. The Morgan fingerprint density at radius 1 is 0.345 bits per heavy atom. The molecule has 4 aromatic heterocycles. The maximum Gasteiger partial charge on any atom is 0.235 e. The highest BCUT2D eigenvalue weighted by atomic mass is 16.3. The van der Waals surface area contributed by atoms with E-state index in [4.69, 9.17) is 19.4 Å². The smallest absolute Gasteiger partial charge is 0.235 e. The SMILES string of the molecule is c1ccc(-c2cc(-c3ccc(-c4ccc5nc(-c6ccccc6)c6ccc7oc8ccccc8c7c6c5c4)cc3)nc(-n3c4ccccc4c4ccccc43)n2)cc1. The van der Waals surface area contributed by atoms with Crippen LogP contribution in [0.3, 0.4) is 0 Å². The quantitative estimate of drug-likeness (QED) is 0.165. The molecule has 4 heterocycles. The predicted octanol–water partition coefficient (Wildman–Crippen LogP) is 13.8. The lowest BCUT2D eigenvalue weighted by molar-refractivity contribution is 0.669. The molecule has 12 rings (SSSR count). The monoisotopic (exact) mass is 740 g/mol. The van der Waals surface area contributed by atoms with Crippen LogP contribution in [0.5, 0.6) is 0 Å². The van der Waals surface area contributed by atoms with Gasteiger partial charge in [0, 0.05) is 54.4 Å². The van der Waals surface area contributed by atoms with Crippen molar-refractivity contribution in [2.24, 2.45) is 0 Å². The molecule has 0 saturated carbocycles. The molecular weight excluding hydrogens is 709 g/mol. The maximum atomic E-state index is 6.40. The average Bonchev–Trinajstić information content (AvgIpc) is 3.85. The van der Waals surface area contributed by atoms with Crippen molar-refractivity contribution in [1.29, 1.82) is 0 Å². The molecule has 5 nitrogen and oxygen atoms in total. The molecule has 0 aliphatic carbocycles. The van der Waals surface area contributed by atoms with Gasteiger partial charge in [-0.3, -0.25) is 4.57 Å². The second-order valence-electron chi connectivity index (χ2n) is 14.8. The predicted molar refractivity (Wildman–Crippen MR) is 238 cm³/mol. The Kier molecular flexibility index (Phi) is 7.16. The van der Waals surface area contributed by atoms with Crippen LogP contribution in [0, 0.1) is 0 Å². The normalized spacial score (nSPS) is 11.8. The molecule has 0 spiro atoms. The summed E-state index contributed by atoms with van der Waals surface area (Å²) in [6, 6.07) is 67.7. The van der Waals surface area contributed by atoms with Gasteiger partial charge in [0.25, 0.3) is 0 Å². The highest BCUT2D eigenvalue weighted by molar-refractivity contribution is 6.28. The molecule has 0 radical (unpaired) electrons. The zero-order valence-corrected chi connectivity index (χ0v) is 31.2. The van der Waals surface area contributed by atoms with Crippen molar-refractivity contribution in [3.05, 3.63) is 194 Å². The van der Waals surface area contributed by atoms with Gasteiger partial charge in [0.15, 0.2) is 0 Å². The van der Waals surface area contributed by atoms with E-state index in [1.165, 1.54) is 10.8 Å². The lowest BCUT2D eigenvalue weighted by Gasteiger charge is -2.13. The minimum atomic E-state index is 0.639. The van der Waals surface area contributed by atoms with E-state index in [0.717, 1.165) is 99.5 Å². The fourth-order valence-corrected chi connectivity index (χ4v) is 8.71. The number of fused-ring (bicyclic) bond motifs is 10. The van der Waals surface area contributed by atoms with E-state index in [-0.39, 0.29) is 0 Å². The van der Waals surface area contributed by atoms with Crippen LogP contribution in [-0.4, -0.2) is 19.5 Å². The van der Waals surface area contributed by atoms with Crippen LogP contribution in [-0.2, 0) is 0 Å². The second-order valence-corrected chi connectivity index (χ2v) is 14.8. The number of rotatable bonds is 5. The van der Waals surface area contributed by atoms with Gasteiger partial charge in [-0.05, 0) is 59.7 Å². The zero-order chi connectivity index (χ0) is 38.2. The standard InChI is InChI=1S/C53H32N4O/c1-3-13-34(14-4-1)44-32-45(56-53(55-44)57-46-20-10-7-17-38(46)39-18-8-11-21-47(39)57)35-25-23-33(24-26-35)37-27-29-43-42(31-37)50-41(52(54-43)36-15-5-2-6-16-36)28-30-49-51(50)40-19-9-12-22-48(40)58-49/h1-32H. The first kappa shape index (κ1) is 32.4. The van der Waals surface area contributed by atoms with Gasteiger partial charge in [0.05, 0.1) is 33.6 Å². The van der Waals surface area contributed by atoms with Crippen LogP contribution in [0.4, 0.5) is 0 Å². The van der Waals surface area contributed by atoms with Crippen LogP contribution >= 0.6 is 0 Å². The van der Waals surface area contributed by atoms with Crippen LogP contribution in [0.25, 0.3) is 116 Å². The van der Waals surface area contributed by atoms with Crippen LogP contribution in [0.1, 0.15) is 0 Å². The summed E-state index contributed by atoms with van der Waals surface area (Å²) in [5, 5.41) is 7.90. The molecule has 5 heteroatoms. The second kappa shape index (κ2) is 12.8. The van der Waals surface area contributed by atoms with E-state index in [0.29, 0.717) is 5.95 Å².